The zero-order chi connectivity index (χ0) is 18.8. The molecule has 3 rings (SSSR count). The van der Waals surface area contributed by atoms with E-state index in [1.165, 1.54) is 71.9 Å². The van der Waals surface area contributed by atoms with Crippen LogP contribution >= 0.6 is 0 Å². The van der Waals surface area contributed by atoms with E-state index in [1.807, 2.05) is 0 Å². The van der Waals surface area contributed by atoms with Gasteiger partial charge in [-0.3, -0.25) is 0 Å². The monoisotopic (exact) mass is 480 g/mol. The fourth-order valence-electron chi connectivity index (χ4n) is 7.64. The normalized spacial score (nSPS) is 24.3. The molecule has 3 aliphatic rings. The predicted molar refractivity (Wildman–Crippen MR) is 122 cm³/mol. The molecule has 3 aliphatic carbocycles. The first-order valence-electron chi connectivity index (χ1n) is 13.1. The molecule has 0 bridgehead atoms. The van der Waals surface area contributed by atoms with E-state index in [2.05, 4.69) is 0 Å². The second kappa shape index (κ2) is 12.5. The maximum absolute atomic E-state index is 1.62. The molecule has 0 heterocycles. The molecule has 0 atom stereocenters. The van der Waals surface area contributed by atoms with Crippen LogP contribution in [0.1, 0.15) is 135 Å². The first-order valence-corrected chi connectivity index (χ1v) is 15.4. The minimum absolute atomic E-state index is 0.762. The summed E-state index contributed by atoms with van der Waals surface area (Å²) in [5, 5.41) is 0. The summed E-state index contributed by atoms with van der Waals surface area (Å²) >= 11 is 1.47. The van der Waals surface area contributed by atoms with Gasteiger partial charge in [0.2, 0.25) is 0 Å². The molecule has 0 nitrogen and oxygen atoms in total. The van der Waals surface area contributed by atoms with E-state index < -0.39 is 0 Å². The quantitative estimate of drug-likeness (QED) is 0.218. The van der Waals surface area contributed by atoms with Crippen LogP contribution in [0.3, 0.4) is 0 Å². The zero-order valence-electron chi connectivity index (χ0n) is 18.4. The van der Waals surface area contributed by atoms with Gasteiger partial charge in [-0.25, -0.2) is 0 Å². The predicted octanol–water partition coefficient (Wildman–Crippen LogP) is 8.37. The van der Waals surface area contributed by atoms with Gasteiger partial charge in [-0.15, -0.1) is 0 Å². The van der Waals surface area contributed by atoms with Crippen molar-refractivity contribution < 1.29 is 0 Å². The van der Waals surface area contributed by atoms with Gasteiger partial charge >= 0.3 is 185 Å². The van der Waals surface area contributed by atoms with Crippen LogP contribution in [-0.4, -0.2) is 22.5 Å². The van der Waals surface area contributed by atoms with E-state index in [1.54, 1.807) is 89.9 Å². The Morgan fingerprint density at radius 2 is 0.852 bits per heavy atom. The van der Waals surface area contributed by atoms with Crippen molar-refractivity contribution in [2.24, 2.45) is 23.2 Å². The first kappa shape index (κ1) is 22.5. The van der Waals surface area contributed by atoms with Gasteiger partial charge in [-0.2, -0.15) is 0 Å². The summed E-state index contributed by atoms with van der Waals surface area (Å²) in [7, 11) is 0. The molecule has 2 radical (unpaired) electrons. The standard InChI is InChI=1S/C26H47.Sn.H/c1-2-3-4-5-15-22-26(23-16-9-6-10-17-23,24-18-11-7-12-19-24)25-20-13-8-14-21-25;;/h23-25H,1-22H2;;. The average molecular weight is 479 g/mol. The van der Waals surface area contributed by atoms with Gasteiger partial charge in [0.25, 0.3) is 0 Å². The summed E-state index contributed by atoms with van der Waals surface area (Å²) in [6.45, 7) is 0. The van der Waals surface area contributed by atoms with Crippen molar-refractivity contribution in [1.29, 1.82) is 0 Å². The second-order valence-electron chi connectivity index (χ2n) is 10.4. The molecule has 0 aromatic rings. The fourth-order valence-corrected chi connectivity index (χ4v) is 8.46. The van der Waals surface area contributed by atoms with Crippen LogP contribution in [0, 0.1) is 23.2 Å². The Balaban J connectivity index is 1.74. The summed E-state index contributed by atoms with van der Waals surface area (Å²) in [5.41, 5.74) is 0.762. The van der Waals surface area contributed by atoms with Gasteiger partial charge in [0, 0.05) is 0 Å². The van der Waals surface area contributed by atoms with Crippen LogP contribution in [0.2, 0.25) is 4.44 Å². The molecule has 27 heavy (non-hydrogen) atoms. The molecule has 0 aromatic heterocycles. The molecule has 0 spiro atoms. The van der Waals surface area contributed by atoms with Crippen molar-refractivity contribution in [2.45, 2.75) is 139 Å². The Bertz CT molecular complexity index is 326. The fraction of sp³-hybridized carbons (Fsp3) is 1.00. The van der Waals surface area contributed by atoms with Gasteiger partial charge < -0.3 is 0 Å². The first-order chi connectivity index (χ1) is 13.4. The Labute approximate surface area is 184 Å². The third-order valence-electron chi connectivity index (χ3n) is 8.91. The van der Waals surface area contributed by atoms with Crippen LogP contribution in [-0.2, 0) is 0 Å². The molecular formula is C26H48Sn. The van der Waals surface area contributed by atoms with Crippen LogP contribution in [0.25, 0.3) is 0 Å². The van der Waals surface area contributed by atoms with Crippen LogP contribution in [0.4, 0.5) is 0 Å². The van der Waals surface area contributed by atoms with E-state index >= 15 is 0 Å². The van der Waals surface area contributed by atoms with Crippen LogP contribution in [0.15, 0.2) is 0 Å². The van der Waals surface area contributed by atoms with Crippen molar-refractivity contribution in [2.75, 3.05) is 0 Å². The van der Waals surface area contributed by atoms with Crippen molar-refractivity contribution in [3.63, 3.8) is 0 Å². The molecule has 0 N–H and O–H groups in total. The molecule has 0 saturated heterocycles. The number of unbranched alkanes of at least 4 members (excludes halogenated alkanes) is 4. The molecule has 3 fully saturated rings. The molecule has 0 aliphatic heterocycles. The summed E-state index contributed by atoms with van der Waals surface area (Å²) in [6.07, 6.45) is 32.7. The summed E-state index contributed by atoms with van der Waals surface area (Å²) in [6, 6.07) is 0. The molecule has 156 valence electrons. The Kier molecular flexibility index (Phi) is 10.4. The van der Waals surface area contributed by atoms with Gasteiger partial charge in [-0.05, 0) is 0 Å². The van der Waals surface area contributed by atoms with Crippen molar-refractivity contribution >= 4 is 22.5 Å². The Hall–Kier alpha value is 0.799. The SMILES string of the molecule is [SnH][CH2]CCCCCCC(C1CCCCC1)(C1CCCCC1)C1CCCCC1. The molecule has 1 heteroatoms. The Morgan fingerprint density at radius 1 is 0.481 bits per heavy atom. The maximum atomic E-state index is 1.62. The van der Waals surface area contributed by atoms with Crippen LogP contribution in [0.5, 0.6) is 0 Å². The Morgan fingerprint density at radius 3 is 1.26 bits per heavy atom. The van der Waals surface area contributed by atoms with Gasteiger partial charge in [0.15, 0.2) is 0 Å². The topological polar surface area (TPSA) is 0 Å². The third-order valence-corrected chi connectivity index (χ3v) is 10.1. The molecule has 3 saturated carbocycles. The van der Waals surface area contributed by atoms with E-state index in [0.29, 0.717) is 0 Å². The number of hydrogen-bond acceptors (Lipinski definition) is 0. The third kappa shape index (κ3) is 6.14. The van der Waals surface area contributed by atoms with E-state index in [-0.39, 0.29) is 0 Å². The van der Waals surface area contributed by atoms with Crippen molar-refractivity contribution in [3.05, 3.63) is 0 Å². The molecule has 0 aromatic carbocycles. The zero-order valence-corrected chi connectivity index (χ0v) is 21.7. The van der Waals surface area contributed by atoms with Crippen molar-refractivity contribution in [3.8, 4) is 0 Å². The summed E-state index contributed by atoms with van der Waals surface area (Å²) in [4.78, 5) is 0. The van der Waals surface area contributed by atoms with Crippen molar-refractivity contribution in [1.82, 2.24) is 0 Å². The van der Waals surface area contributed by atoms with E-state index in [4.69, 9.17) is 0 Å². The number of hydrogen-bond donors (Lipinski definition) is 0. The molecule has 0 amide bonds. The molecular weight excluding hydrogens is 431 g/mol. The van der Waals surface area contributed by atoms with E-state index in [0.717, 1.165) is 23.2 Å². The summed E-state index contributed by atoms with van der Waals surface area (Å²) < 4.78 is 1.52. The number of rotatable bonds is 10. The van der Waals surface area contributed by atoms with Gasteiger partial charge in [-0.1, -0.05) is 0 Å². The van der Waals surface area contributed by atoms with Crippen LogP contribution < -0.4 is 0 Å². The minimum atomic E-state index is 0.762. The molecule has 0 unspecified atom stereocenters. The summed E-state index contributed by atoms with van der Waals surface area (Å²) in [5.74, 6) is 3.29. The second-order valence-corrected chi connectivity index (χ2v) is 12.1. The average Bonchev–Trinajstić information content (AvgIpc) is 2.75. The van der Waals surface area contributed by atoms with E-state index in [9.17, 15) is 0 Å². The van der Waals surface area contributed by atoms with Gasteiger partial charge in [0.05, 0.1) is 0 Å². The van der Waals surface area contributed by atoms with Gasteiger partial charge in [0.1, 0.15) is 0 Å².